The van der Waals surface area contributed by atoms with Crippen LogP contribution >= 0.6 is 0 Å². The van der Waals surface area contributed by atoms with E-state index in [4.69, 9.17) is 5.73 Å². The molecule has 2 amide bonds. The molecule has 1 aliphatic carbocycles. The second-order valence-corrected chi connectivity index (χ2v) is 5.26. The van der Waals surface area contributed by atoms with Crippen molar-refractivity contribution in [1.29, 1.82) is 0 Å². The number of carbonyl (C=O) groups is 2. The molecule has 0 spiro atoms. The number of nitrogens with two attached hydrogens (primary N) is 1. The summed E-state index contributed by atoms with van der Waals surface area (Å²) in [5.74, 6) is -0.696. The van der Waals surface area contributed by atoms with E-state index in [2.05, 4.69) is 23.5 Å². The fraction of sp³-hybridized carbons (Fsp3) is 0.467. The summed E-state index contributed by atoms with van der Waals surface area (Å²) in [6, 6.07) is 8.65. The highest BCUT2D eigenvalue weighted by Crippen LogP contribution is 2.33. The summed E-state index contributed by atoms with van der Waals surface area (Å²) in [7, 11) is 1.94. The summed E-state index contributed by atoms with van der Waals surface area (Å²) in [4.78, 5) is 24.4. The number of primary amides is 1. The number of hydrogen-bond donors (Lipinski definition) is 2. The molecule has 1 aromatic rings. The molecule has 0 saturated heterocycles. The highest BCUT2D eigenvalue weighted by Gasteiger charge is 2.24. The van der Waals surface area contributed by atoms with Gasteiger partial charge in [-0.2, -0.15) is 0 Å². The molecule has 0 fully saturated rings. The van der Waals surface area contributed by atoms with Crippen molar-refractivity contribution >= 4 is 11.8 Å². The quantitative estimate of drug-likeness (QED) is 0.826. The van der Waals surface area contributed by atoms with Crippen LogP contribution in [-0.2, 0) is 16.0 Å². The van der Waals surface area contributed by atoms with E-state index >= 15 is 0 Å². The number of aryl methyl sites for hydroxylation is 1. The number of rotatable bonds is 5. The van der Waals surface area contributed by atoms with Gasteiger partial charge in [-0.3, -0.25) is 14.5 Å². The van der Waals surface area contributed by atoms with Gasteiger partial charge in [-0.1, -0.05) is 24.3 Å². The van der Waals surface area contributed by atoms with Gasteiger partial charge in [-0.25, -0.2) is 0 Å². The lowest BCUT2D eigenvalue weighted by molar-refractivity contribution is -0.125. The van der Waals surface area contributed by atoms with Gasteiger partial charge in [-0.05, 0) is 37.4 Å². The molecule has 20 heavy (non-hydrogen) atoms. The Labute approximate surface area is 119 Å². The summed E-state index contributed by atoms with van der Waals surface area (Å²) >= 11 is 0. The summed E-state index contributed by atoms with van der Waals surface area (Å²) in [6.45, 7) is 0.167. The van der Waals surface area contributed by atoms with Crippen molar-refractivity contribution in [3.8, 4) is 0 Å². The smallest absolute Gasteiger partial charge is 0.236 e. The molecule has 5 heteroatoms. The number of nitrogens with zero attached hydrogens (tertiary/aromatic N) is 1. The van der Waals surface area contributed by atoms with Crippen molar-refractivity contribution in [1.82, 2.24) is 10.2 Å². The Hall–Kier alpha value is -1.88. The van der Waals surface area contributed by atoms with Crippen molar-refractivity contribution in [3.05, 3.63) is 35.4 Å². The third kappa shape index (κ3) is 3.57. The minimum absolute atomic E-state index is 0.103. The van der Waals surface area contributed by atoms with Gasteiger partial charge in [0, 0.05) is 6.04 Å². The highest BCUT2D eigenvalue weighted by atomic mass is 16.2. The number of amides is 2. The predicted molar refractivity (Wildman–Crippen MR) is 77.0 cm³/mol. The van der Waals surface area contributed by atoms with Gasteiger partial charge in [-0.15, -0.1) is 0 Å². The topological polar surface area (TPSA) is 75.4 Å². The molecule has 0 unspecified atom stereocenters. The first-order valence-corrected chi connectivity index (χ1v) is 6.91. The van der Waals surface area contributed by atoms with E-state index in [-0.39, 0.29) is 25.0 Å². The van der Waals surface area contributed by atoms with E-state index in [9.17, 15) is 9.59 Å². The molecule has 1 aromatic carbocycles. The molecule has 3 N–H and O–H groups in total. The number of benzene rings is 1. The number of likely N-dealkylation sites (N-methyl/N-ethyl adjacent to an activating group) is 1. The maximum atomic E-state index is 11.8. The van der Waals surface area contributed by atoms with Gasteiger partial charge in [0.15, 0.2) is 0 Å². The van der Waals surface area contributed by atoms with Gasteiger partial charge in [0.05, 0.1) is 13.1 Å². The van der Waals surface area contributed by atoms with Crippen LogP contribution in [0.4, 0.5) is 0 Å². The van der Waals surface area contributed by atoms with E-state index < -0.39 is 5.91 Å². The molecule has 0 radical (unpaired) electrons. The van der Waals surface area contributed by atoms with Crippen LogP contribution in [0.15, 0.2) is 24.3 Å². The van der Waals surface area contributed by atoms with E-state index in [1.807, 2.05) is 18.0 Å². The van der Waals surface area contributed by atoms with Crippen LogP contribution in [0.3, 0.4) is 0 Å². The standard InChI is InChI=1S/C15H21N3O2/c1-18(10-15(20)17-9-14(16)19)13-8-4-6-11-5-2-3-7-12(11)13/h2-3,5,7,13H,4,6,8-10H2,1H3,(H2,16,19)(H,17,20)/t13-/m1/s1. The zero-order valence-electron chi connectivity index (χ0n) is 11.8. The normalized spacial score (nSPS) is 17.6. The van der Waals surface area contributed by atoms with E-state index in [1.54, 1.807) is 0 Å². The molecule has 0 aliphatic heterocycles. The van der Waals surface area contributed by atoms with Crippen molar-refractivity contribution in [3.63, 3.8) is 0 Å². The Morgan fingerprint density at radius 3 is 2.90 bits per heavy atom. The maximum Gasteiger partial charge on any atom is 0.236 e. The fourth-order valence-corrected chi connectivity index (χ4v) is 2.76. The molecule has 108 valence electrons. The van der Waals surface area contributed by atoms with Crippen LogP contribution in [0, 0.1) is 0 Å². The summed E-state index contributed by atoms with van der Waals surface area (Å²) in [5, 5.41) is 2.52. The monoisotopic (exact) mass is 275 g/mol. The predicted octanol–water partition coefficient (Wildman–Crippen LogP) is 0.597. The fourth-order valence-electron chi connectivity index (χ4n) is 2.76. The lowest BCUT2D eigenvalue weighted by Crippen LogP contribution is -2.41. The van der Waals surface area contributed by atoms with Crippen molar-refractivity contribution in [2.24, 2.45) is 5.73 Å². The summed E-state index contributed by atoms with van der Waals surface area (Å²) in [6.07, 6.45) is 3.29. The Morgan fingerprint density at radius 1 is 1.40 bits per heavy atom. The van der Waals surface area contributed by atoms with Crippen LogP contribution < -0.4 is 11.1 Å². The first-order chi connectivity index (χ1) is 9.58. The molecule has 0 aromatic heterocycles. The molecular formula is C15H21N3O2. The van der Waals surface area contributed by atoms with Crippen LogP contribution in [0.25, 0.3) is 0 Å². The van der Waals surface area contributed by atoms with Gasteiger partial charge >= 0.3 is 0 Å². The minimum Gasteiger partial charge on any atom is -0.368 e. The van der Waals surface area contributed by atoms with Crippen LogP contribution in [0.1, 0.15) is 30.0 Å². The molecule has 0 heterocycles. The second kappa shape index (κ2) is 6.52. The van der Waals surface area contributed by atoms with Gasteiger partial charge < -0.3 is 11.1 Å². The molecule has 1 atom stereocenters. The number of hydrogen-bond acceptors (Lipinski definition) is 3. The average Bonchev–Trinajstić information content (AvgIpc) is 2.44. The van der Waals surface area contributed by atoms with Crippen LogP contribution in [-0.4, -0.2) is 36.9 Å². The molecule has 5 nitrogen and oxygen atoms in total. The summed E-state index contributed by atoms with van der Waals surface area (Å²) in [5.41, 5.74) is 7.69. The van der Waals surface area contributed by atoms with E-state index in [0.29, 0.717) is 0 Å². The lowest BCUT2D eigenvalue weighted by atomic mass is 9.87. The Morgan fingerprint density at radius 2 is 2.15 bits per heavy atom. The Kier molecular flexibility index (Phi) is 4.74. The molecule has 0 bridgehead atoms. The highest BCUT2D eigenvalue weighted by molar-refractivity contribution is 5.84. The first kappa shape index (κ1) is 14.5. The average molecular weight is 275 g/mol. The zero-order valence-corrected chi connectivity index (χ0v) is 11.8. The first-order valence-electron chi connectivity index (χ1n) is 6.91. The Balaban J connectivity index is 1.98. The van der Waals surface area contributed by atoms with Crippen LogP contribution in [0.5, 0.6) is 0 Å². The summed E-state index contributed by atoms with van der Waals surface area (Å²) < 4.78 is 0. The van der Waals surface area contributed by atoms with Crippen LogP contribution in [0.2, 0.25) is 0 Å². The SMILES string of the molecule is CN(CC(=O)NCC(N)=O)[C@@H]1CCCc2ccccc21. The number of nitrogens with one attached hydrogen (secondary N) is 1. The second-order valence-electron chi connectivity index (χ2n) is 5.26. The lowest BCUT2D eigenvalue weighted by Gasteiger charge is -2.32. The van der Waals surface area contributed by atoms with Gasteiger partial charge in [0.2, 0.25) is 11.8 Å². The van der Waals surface area contributed by atoms with Crippen molar-refractivity contribution in [2.45, 2.75) is 25.3 Å². The number of fused-ring (bicyclic) bond motifs is 1. The zero-order chi connectivity index (χ0) is 14.5. The van der Waals surface area contributed by atoms with Gasteiger partial charge in [0.25, 0.3) is 0 Å². The number of carbonyl (C=O) groups excluding carboxylic acids is 2. The van der Waals surface area contributed by atoms with E-state index in [1.165, 1.54) is 11.1 Å². The Bertz CT molecular complexity index is 502. The van der Waals surface area contributed by atoms with Gasteiger partial charge in [0.1, 0.15) is 0 Å². The van der Waals surface area contributed by atoms with Crippen molar-refractivity contribution < 1.29 is 9.59 Å². The molecule has 0 saturated carbocycles. The van der Waals surface area contributed by atoms with E-state index in [0.717, 1.165) is 19.3 Å². The largest absolute Gasteiger partial charge is 0.368 e. The molecule has 1 aliphatic rings. The minimum atomic E-state index is -0.524. The molecular weight excluding hydrogens is 254 g/mol. The third-order valence-corrected chi connectivity index (χ3v) is 3.72. The third-order valence-electron chi connectivity index (χ3n) is 3.72. The maximum absolute atomic E-state index is 11.8. The van der Waals surface area contributed by atoms with Crippen molar-refractivity contribution in [2.75, 3.05) is 20.1 Å². The molecule has 2 rings (SSSR count).